The standard InChI is InChI=1S/C4H9NO2S.C3H7NO2S.CH4O.ClH.H2O/c1-7-4(6)3(5)2-8;4-2(1-7)3(5)6;1-2;;/h3,8H,2,5H2,1H3;2,7H,1,4H2,(H,5,6);2H,1H3;1H;1H2/t3-;2-;;;/m00.../s1. The van der Waals surface area contributed by atoms with Crippen LogP contribution in [0.15, 0.2) is 0 Å². The van der Waals surface area contributed by atoms with Gasteiger partial charge in [-0.15, -0.1) is 0 Å². The summed E-state index contributed by atoms with van der Waals surface area (Å²) in [4.78, 5) is 20.2. The number of thiol groups is 2. The number of aliphatic hydroxyl groups excluding tert-OH is 1. The summed E-state index contributed by atoms with van der Waals surface area (Å²) in [5, 5.41) is 15.1. The fourth-order valence-electron chi connectivity index (χ4n) is 0.304. The van der Waals surface area contributed by atoms with Gasteiger partial charge in [-0.3, -0.25) is 4.79 Å². The molecule has 0 aromatic carbocycles. The lowest BCUT2D eigenvalue weighted by Crippen LogP contribution is -3.00. The molecule has 11 heteroatoms. The Balaban J connectivity index is -0.0000000558. The van der Waals surface area contributed by atoms with Crippen molar-refractivity contribution >= 4 is 37.2 Å². The number of aliphatic carboxylic acids is 1. The summed E-state index contributed by atoms with van der Waals surface area (Å²) in [6.07, 6.45) is 0. The second kappa shape index (κ2) is 22.9. The lowest BCUT2D eigenvalue weighted by atomic mass is 10.4. The van der Waals surface area contributed by atoms with Gasteiger partial charge in [0.1, 0.15) is 6.04 Å². The zero-order chi connectivity index (χ0) is 14.4. The largest absolute Gasteiger partial charge is 1.00 e. The van der Waals surface area contributed by atoms with Gasteiger partial charge in [0.05, 0.1) is 12.9 Å². The van der Waals surface area contributed by atoms with E-state index in [0.29, 0.717) is 11.5 Å². The minimum atomic E-state index is -0.894. The molecule has 2 atom stereocenters. The predicted octanol–water partition coefficient (Wildman–Crippen LogP) is -6.18. The number of nitrogens with two attached hydrogens (primary N) is 1. The smallest absolute Gasteiger partial charge is 0.363 e. The van der Waals surface area contributed by atoms with Crippen LogP contribution in [0.4, 0.5) is 0 Å². The summed E-state index contributed by atoms with van der Waals surface area (Å²) in [5.74, 6) is -0.683. The third-order valence-corrected chi connectivity index (χ3v) is 2.10. The van der Waals surface area contributed by atoms with Gasteiger partial charge >= 0.3 is 11.9 Å². The molecule has 0 aliphatic carbocycles. The quantitative estimate of drug-likeness (QED) is 0.219. The minimum Gasteiger partial charge on any atom is -1.00 e. The van der Waals surface area contributed by atoms with Crippen LogP contribution in [0.1, 0.15) is 0 Å². The molecule has 0 rings (SSSR count). The molecular weight excluding hydrogens is 320 g/mol. The number of carboxylic acid groups (broad SMARTS) is 1. The van der Waals surface area contributed by atoms with Gasteiger partial charge < -0.3 is 44.3 Å². The van der Waals surface area contributed by atoms with Crippen molar-refractivity contribution < 1.29 is 48.2 Å². The van der Waals surface area contributed by atoms with E-state index in [2.05, 4.69) is 35.7 Å². The number of carbonyl (C=O) groups excluding carboxylic acids is 1. The van der Waals surface area contributed by atoms with E-state index in [9.17, 15) is 9.59 Å². The van der Waals surface area contributed by atoms with Crippen LogP contribution in [0.25, 0.3) is 0 Å². The van der Waals surface area contributed by atoms with E-state index in [-0.39, 0.29) is 17.9 Å². The van der Waals surface area contributed by atoms with Gasteiger partial charge in [0.15, 0.2) is 6.04 Å². The lowest BCUT2D eigenvalue weighted by Gasteiger charge is -2.02. The summed E-state index contributed by atoms with van der Waals surface area (Å²) in [6.45, 7) is 0. The van der Waals surface area contributed by atoms with Crippen molar-refractivity contribution in [1.82, 2.24) is 0 Å². The number of carbonyl (C=O) groups is 2. The molecule has 0 aromatic rings. The Labute approximate surface area is 129 Å². The molecule has 120 valence electrons. The van der Waals surface area contributed by atoms with E-state index in [0.717, 1.165) is 7.11 Å². The normalized spacial score (nSPS) is 10.7. The number of methoxy groups -OCH3 is 1. The van der Waals surface area contributed by atoms with Crippen LogP contribution < -0.4 is 23.9 Å². The van der Waals surface area contributed by atoms with Crippen LogP contribution >= 0.6 is 25.3 Å². The number of esters is 1. The molecule has 0 spiro atoms. The Bertz CT molecular complexity index is 214. The molecule has 9 N–H and O–H groups in total. The second-order valence-corrected chi connectivity index (χ2v) is 3.26. The second-order valence-electron chi connectivity index (χ2n) is 2.53. The number of carboxylic acids is 1. The third-order valence-electron chi connectivity index (χ3n) is 1.27. The third kappa shape index (κ3) is 23.3. The minimum absolute atomic E-state index is 0. The average Bonchev–Trinajstić information content (AvgIpc) is 2.38. The Morgan fingerprint density at radius 1 is 1.32 bits per heavy atom. The number of rotatable bonds is 4. The molecule has 0 unspecified atom stereocenters. The van der Waals surface area contributed by atoms with Gasteiger partial charge in [-0.2, -0.15) is 25.3 Å². The first kappa shape index (κ1) is 31.3. The molecule has 0 aliphatic heterocycles. The molecule has 0 bridgehead atoms. The van der Waals surface area contributed by atoms with Crippen molar-refractivity contribution in [1.29, 1.82) is 0 Å². The molecule has 8 nitrogen and oxygen atoms in total. The molecule has 0 amide bonds. The Morgan fingerprint density at radius 3 is 1.74 bits per heavy atom. The Kier molecular flexibility index (Phi) is 37.7. The van der Waals surface area contributed by atoms with Crippen LogP contribution in [0.2, 0.25) is 0 Å². The van der Waals surface area contributed by atoms with E-state index < -0.39 is 24.0 Å². The monoisotopic (exact) mass is 342 g/mol. The first-order valence-corrected chi connectivity index (χ1v) is 5.72. The van der Waals surface area contributed by atoms with Crippen molar-refractivity contribution in [3.63, 3.8) is 0 Å². The highest BCUT2D eigenvalue weighted by atomic mass is 35.5. The molecule has 0 heterocycles. The fourth-order valence-corrected chi connectivity index (χ4v) is 0.609. The van der Waals surface area contributed by atoms with E-state index in [1.165, 1.54) is 7.11 Å². The number of hydrogen-bond donors (Lipinski definition) is 6. The number of hydrogen-bond acceptors (Lipinski definition) is 7. The molecule has 0 aromatic heterocycles. The van der Waals surface area contributed by atoms with E-state index >= 15 is 0 Å². The Morgan fingerprint density at radius 2 is 1.68 bits per heavy atom. The maximum absolute atomic E-state index is 10.3. The van der Waals surface area contributed by atoms with Crippen LogP contribution in [-0.4, -0.2) is 65.4 Å². The summed E-state index contributed by atoms with van der Waals surface area (Å²) < 4.78 is 4.29. The van der Waals surface area contributed by atoms with Gasteiger partial charge in [0.25, 0.3) is 0 Å². The summed E-state index contributed by atoms with van der Waals surface area (Å²) in [6, 6.07) is -1.15. The molecular formula is C8H23ClN2O6S2. The zero-order valence-electron chi connectivity index (χ0n) is 10.7. The Hall–Kier alpha value is -0.230. The summed E-state index contributed by atoms with van der Waals surface area (Å²) in [7, 11) is 2.30. The number of halogens is 1. The van der Waals surface area contributed by atoms with Crippen molar-refractivity contribution in [3.8, 4) is 0 Å². The molecule has 0 radical (unpaired) electrons. The highest BCUT2D eigenvalue weighted by Gasteiger charge is 2.11. The van der Waals surface area contributed by atoms with Crippen molar-refractivity contribution in [2.45, 2.75) is 12.1 Å². The highest BCUT2D eigenvalue weighted by Crippen LogP contribution is 1.84. The maximum atomic E-state index is 10.3. The van der Waals surface area contributed by atoms with Gasteiger partial charge in [0, 0.05) is 12.9 Å². The zero-order valence-corrected chi connectivity index (χ0v) is 13.3. The predicted molar refractivity (Wildman–Crippen MR) is 73.8 cm³/mol. The van der Waals surface area contributed by atoms with E-state index in [1.807, 2.05) is 0 Å². The molecule has 0 saturated heterocycles. The first-order chi connectivity index (χ1) is 7.90. The maximum Gasteiger partial charge on any atom is 0.363 e. The van der Waals surface area contributed by atoms with Crippen LogP contribution in [-0.2, 0) is 14.3 Å². The number of ether oxygens (including phenoxy) is 1. The van der Waals surface area contributed by atoms with Crippen LogP contribution in [0.5, 0.6) is 0 Å². The van der Waals surface area contributed by atoms with Crippen LogP contribution in [0.3, 0.4) is 0 Å². The fraction of sp³-hybridized carbons (Fsp3) is 0.750. The topological polar surface area (TPSA) is 169 Å². The molecule has 0 aliphatic rings. The SMILES string of the molecule is CO.COC(=O)[C@@H](N)CS.O.[Cl-].[NH3+][C@@H](CS)C(=O)O. The van der Waals surface area contributed by atoms with Crippen molar-refractivity contribution in [3.05, 3.63) is 0 Å². The molecule has 0 saturated carbocycles. The summed E-state index contributed by atoms with van der Waals surface area (Å²) >= 11 is 7.49. The van der Waals surface area contributed by atoms with Crippen LogP contribution in [0, 0.1) is 0 Å². The number of aliphatic hydroxyl groups is 1. The molecule has 19 heavy (non-hydrogen) atoms. The van der Waals surface area contributed by atoms with E-state index in [4.69, 9.17) is 15.9 Å². The molecule has 0 fully saturated rings. The van der Waals surface area contributed by atoms with E-state index in [1.54, 1.807) is 0 Å². The lowest BCUT2D eigenvalue weighted by molar-refractivity contribution is -0.400. The summed E-state index contributed by atoms with van der Waals surface area (Å²) in [5.41, 5.74) is 8.46. The average molecular weight is 343 g/mol. The van der Waals surface area contributed by atoms with Gasteiger partial charge in [0.2, 0.25) is 0 Å². The van der Waals surface area contributed by atoms with Gasteiger partial charge in [-0.25, -0.2) is 4.79 Å². The van der Waals surface area contributed by atoms with Crippen molar-refractivity contribution in [2.24, 2.45) is 5.73 Å². The highest BCUT2D eigenvalue weighted by molar-refractivity contribution is 7.80. The van der Waals surface area contributed by atoms with Crippen molar-refractivity contribution in [2.75, 3.05) is 25.7 Å². The van der Waals surface area contributed by atoms with Gasteiger partial charge in [-0.05, 0) is 0 Å². The van der Waals surface area contributed by atoms with Gasteiger partial charge in [-0.1, -0.05) is 0 Å². The first-order valence-electron chi connectivity index (χ1n) is 4.46. The number of quaternary nitrogens is 1.